The summed E-state index contributed by atoms with van der Waals surface area (Å²) in [5.74, 6) is 1.64. The van der Waals surface area contributed by atoms with Crippen LogP contribution in [0.3, 0.4) is 0 Å². The average Bonchev–Trinajstić information content (AvgIpc) is 3.53. The lowest BCUT2D eigenvalue weighted by Gasteiger charge is -2.23. The Morgan fingerprint density at radius 1 is 0.447 bits per heavy atom. The van der Waals surface area contributed by atoms with Crippen LogP contribution in [-0.4, -0.2) is 11.7 Å². The second kappa shape index (κ2) is 11.5. The third-order valence-corrected chi connectivity index (χ3v) is 10.1. The minimum Gasteiger partial charge on any atom is -0.324 e. The summed E-state index contributed by atoms with van der Waals surface area (Å²) in [7, 11) is 0. The molecule has 0 aliphatic carbocycles. The van der Waals surface area contributed by atoms with E-state index in [0.717, 1.165) is 28.4 Å². The van der Waals surface area contributed by atoms with Crippen molar-refractivity contribution < 1.29 is 0 Å². The van der Waals surface area contributed by atoms with Crippen LogP contribution in [0.1, 0.15) is 22.9 Å². The molecule has 1 aliphatic heterocycles. The van der Waals surface area contributed by atoms with E-state index in [4.69, 9.17) is 9.98 Å². The van der Waals surface area contributed by atoms with E-state index in [1.54, 1.807) is 0 Å². The lowest BCUT2D eigenvalue weighted by Crippen LogP contribution is -2.36. The van der Waals surface area contributed by atoms with Crippen LogP contribution in [0.25, 0.3) is 53.2 Å². The van der Waals surface area contributed by atoms with Crippen LogP contribution >= 0.6 is 11.3 Å². The Labute approximate surface area is 277 Å². The molecule has 8 aromatic rings. The number of hydrogen-bond donors (Lipinski definition) is 1. The number of amidine groups is 2. The summed E-state index contributed by atoms with van der Waals surface area (Å²) in [6.45, 7) is 0. The normalized spacial score (nSPS) is 14.6. The number of rotatable bonds is 5. The van der Waals surface area contributed by atoms with Crippen molar-refractivity contribution >= 4 is 54.0 Å². The largest absolute Gasteiger partial charge is 0.324 e. The van der Waals surface area contributed by atoms with Crippen LogP contribution in [0.4, 0.5) is 0 Å². The van der Waals surface area contributed by atoms with Crippen LogP contribution < -0.4 is 5.32 Å². The molecule has 0 bridgehead atoms. The van der Waals surface area contributed by atoms with Crippen molar-refractivity contribution in [1.29, 1.82) is 0 Å². The summed E-state index contributed by atoms with van der Waals surface area (Å²) >= 11 is 1.83. The molecule has 1 unspecified atom stereocenters. The average molecular weight is 620 g/mol. The minimum absolute atomic E-state index is 0.394. The zero-order valence-corrected chi connectivity index (χ0v) is 26.3. The van der Waals surface area contributed by atoms with Gasteiger partial charge in [0.15, 0.2) is 6.17 Å². The molecule has 47 heavy (non-hydrogen) atoms. The molecule has 2 heterocycles. The lowest BCUT2D eigenvalue weighted by molar-refractivity contribution is 0.763. The predicted octanol–water partition coefficient (Wildman–Crippen LogP) is 11.0. The molecule has 1 atom stereocenters. The van der Waals surface area contributed by atoms with Gasteiger partial charge in [0.2, 0.25) is 0 Å². The molecule has 0 spiro atoms. The van der Waals surface area contributed by atoms with Crippen LogP contribution in [0.15, 0.2) is 174 Å². The van der Waals surface area contributed by atoms with Crippen molar-refractivity contribution in [2.75, 3.05) is 0 Å². The van der Waals surface area contributed by atoms with Crippen molar-refractivity contribution in [3.05, 3.63) is 180 Å². The molecule has 1 aromatic heterocycles. The van der Waals surface area contributed by atoms with Gasteiger partial charge in [0.25, 0.3) is 0 Å². The van der Waals surface area contributed by atoms with Gasteiger partial charge in [-0.2, -0.15) is 0 Å². The molecule has 3 nitrogen and oxygen atoms in total. The summed E-state index contributed by atoms with van der Waals surface area (Å²) in [4.78, 5) is 10.5. The molecule has 0 radical (unpaired) electrons. The van der Waals surface area contributed by atoms with Gasteiger partial charge in [0, 0.05) is 36.9 Å². The fraction of sp³-hybridized carbons (Fsp3) is 0.0233. The minimum atomic E-state index is -0.394. The van der Waals surface area contributed by atoms with Crippen molar-refractivity contribution in [3.8, 4) is 22.3 Å². The smallest absolute Gasteiger partial charge is 0.170 e. The van der Waals surface area contributed by atoms with Crippen molar-refractivity contribution in [2.45, 2.75) is 6.17 Å². The Hall–Kier alpha value is -5.84. The molecule has 7 aromatic carbocycles. The van der Waals surface area contributed by atoms with E-state index in [2.05, 4.69) is 163 Å². The molecule has 0 fully saturated rings. The van der Waals surface area contributed by atoms with E-state index in [1.165, 1.54) is 53.2 Å². The number of fused-ring (bicyclic) bond motifs is 4. The highest BCUT2D eigenvalue weighted by molar-refractivity contribution is 7.25. The molecule has 0 amide bonds. The number of hydrogen-bond acceptors (Lipinski definition) is 4. The van der Waals surface area contributed by atoms with Gasteiger partial charge >= 0.3 is 0 Å². The van der Waals surface area contributed by atoms with Gasteiger partial charge in [-0.25, -0.2) is 9.98 Å². The first-order chi connectivity index (χ1) is 23.3. The van der Waals surface area contributed by atoms with Gasteiger partial charge < -0.3 is 5.32 Å². The molecule has 1 N–H and O–H groups in total. The van der Waals surface area contributed by atoms with Crippen LogP contribution in [-0.2, 0) is 0 Å². The molecular formula is C43H29N3S. The second-order valence-electron chi connectivity index (χ2n) is 11.8. The Balaban J connectivity index is 1.15. The van der Waals surface area contributed by atoms with Crippen molar-refractivity contribution in [1.82, 2.24) is 5.32 Å². The highest BCUT2D eigenvalue weighted by atomic mass is 32.1. The summed E-state index contributed by atoms with van der Waals surface area (Å²) in [5.41, 5.74) is 8.03. The fourth-order valence-corrected chi connectivity index (χ4v) is 7.82. The van der Waals surface area contributed by atoms with E-state index in [9.17, 15) is 0 Å². The summed E-state index contributed by atoms with van der Waals surface area (Å²) in [6.07, 6.45) is -0.394. The molecule has 1 aliphatic rings. The Bertz CT molecular complexity index is 2470. The first-order valence-electron chi connectivity index (χ1n) is 15.9. The molecule has 0 saturated carbocycles. The number of thiophene rings is 1. The zero-order valence-electron chi connectivity index (χ0n) is 25.5. The van der Waals surface area contributed by atoms with Gasteiger partial charge in [-0.15, -0.1) is 11.3 Å². The van der Waals surface area contributed by atoms with E-state index in [-0.39, 0.29) is 0 Å². The zero-order chi connectivity index (χ0) is 31.2. The van der Waals surface area contributed by atoms with Crippen molar-refractivity contribution in [3.63, 3.8) is 0 Å². The lowest BCUT2D eigenvalue weighted by atomic mass is 9.97. The van der Waals surface area contributed by atoms with Gasteiger partial charge in [-0.05, 0) is 45.2 Å². The summed E-state index contributed by atoms with van der Waals surface area (Å²) < 4.78 is 2.51. The van der Waals surface area contributed by atoms with Gasteiger partial charge in [0.05, 0.1) is 0 Å². The topological polar surface area (TPSA) is 36.8 Å². The second-order valence-corrected chi connectivity index (χ2v) is 12.9. The first kappa shape index (κ1) is 27.5. The SMILES string of the molecule is c1ccc(C2=NC(c3cccc4sc5cc(-c6ccccc6)ccc5c34)N=C(c3ccc(-c4cccc5ccccc45)cc3)N2)cc1. The van der Waals surface area contributed by atoms with Crippen LogP contribution in [0.5, 0.6) is 0 Å². The fourth-order valence-electron chi connectivity index (χ4n) is 6.64. The Morgan fingerprint density at radius 2 is 1.06 bits per heavy atom. The predicted molar refractivity (Wildman–Crippen MR) is 200 cm³/mol. The van der Waals surface area contributed by atoms with E-state index in [1.807, 2.05) is 17.4 Å². The standard InChI is InChI=1S/C43H29N3S/c1-3-11-28(12-4-1)33-25-26-36-39(27-33)47-38-20-10-19-37(40(36)38)43-45-41(31-14-5-2-6-15-31)44-42(46-43)32-23-21-30(22-24-32)35-18-9-16-29-13-7-8-17-34(29)35/h1-27,43H,(H,44,45,46). The van der Waals surface area contributed by atoms with E-state index in [0.29, 0.717) is 0 Å². The maximum Gasteiger partial charge on any atom is 0.170 e. The third-order valence-electron chi connectivity index (χ3n) is 8.96. The molecular weight excluding hydrogens is 591 g/mol. The monoisotopic (exact) mass is 619 g/mol. The van der Waals surface area contributed by atoms with Gasteiger partial charge in [-0.1, -0.05) is 152 Å². The number of aliphatic imine (C=N–C) groups is 2. The number of benzene rings is 7. The van der Waals surface area contributed by atoms with E-state index >= 15 is 0 Å². The number of nitrogens with one attached hydrogen (secondary N) is 1. The number of nitrogens with zero attached hydrogens (tertiary/aromatic N) is 2. The summed E-state index contributed by atoms with van der Waals surface area (Å²) in [5, 5.41) is 8.54. The Morgan fingerprint density at radius 3 is 1.85 bits per heavy atom. The van der Waals surface area contributed by atoms with E-state index < -0.39 is 6.17 Å². The maximum atomic E-state index is 5.27. The van der Waals surface area contributed by atoms with Gasteiger partial charge in [-0.3, -0.25) is 0 Å². The molecule has 4 heteroatoms. The molecule has 0 saturated heterocycles. The third kappa shape index (κ3) is 5.00. The Kier molecular flexibility index (Phi) is 6.72. The van der Waals surface area contributed by atoms with Crippen LogP contribution in [0.2, 0.25) is 0 Å². The maximum absolute atomic E-state index is 5.27. The molecule has 222 valence electrons. The van der Waals surface area contributed by atoms with Crippen molar-refractivity contribution in [2.24, 2.45) is 9.98 Å². The highest BCUT2D eigenvalue weighted by Gasteiger charge is 2.23. The van der Waals surface area contributed by atoms with Crippen LogP contribution in [0, 0.1) is 0 Å². The molecule has 9 rings (SSSR count). The van der Waals surface area contributed by atoms with Gasteiger partial charge in [0.1, 0.15) is 11.7 Å². The quantitative estimate of drug-likeness (QED) is 0.204. The highest BCUT2D eigenvalue weighted by Crippen LogP contribution is 2.41. The first-order valence-corrected chi connectivity index (χ1v) is 16.7. The summed E-state index contributed by atoms with van der Waals surface area (Å²) in [6, 6.07) is 58.0.